The first-order chi connectivity index (χ1) is 17.8. The summed E-state index contributed by atoms with van der Waals surface area (Å²) in [5.41, 5.74) is 3.85. The number of aromatic amines is 1. The molecule has 2 fully saturated rings. The van der Waals surface area contributed by atoms with Crippen LogP contribution < -0.4 is 25.8 Å². The number of fused-ring (bicyclic) bond motifs is 1. The lowest BCUT2D eigenvalue weighted by molar-refractivity contribution is 0.0939. The summed E-state index contributed by atoms with van der Waals surface area (Å²) in [4.78, 5) is 37.4. The first-order valence-electron chi connectivity index (χ1n) is 13.0. The Morgan fingerprint density at radius 1 is 1.24 bits per heavy atom. The molecule has 2 aromatic heterocycles. The molecule has 196 valence electrons. The quantitative estimate of drug-likeness (QED) is 0.441. The maximum absolute atomic E-state index is 13.8. The smallest absolute Gasteiger partial charge is 0.263 e. The van der Waals surface area contributed by atoms with E-state index in [1.54, 1.807) is 19.2 Å². The largest absolute Gasteiger partial charge is 0.495 e. The van der Waals surface area contributed by atoms with E-state index in [2.05, 4.69) is 27.4 Å². The molecular weight excluding hydrogens is 490 g/mol. The molecular formula is C28H34ClN5O3. The highest BCUT2D eigenvalue weighted by Gasteiger charge is 2.32. The van der Waals surface area contributed by atoms with Crippen molar-refractivity contribution in [3.63, 3.8) is 0 Å². The first kappa shape index (κ1) is 25.5. The van der Waals surface area contributed by atoms with Gasteiger partial charge in [-0.25, -0.2) is 0 Å². The molecule has 1 saturated carbocycles. The van der Waals surface area contributed by atoms with Gasteiger partial charge in [0.2, 0.25) is 0 Å². The van der Waals surface area contributed by atoms with E-state index < -0.39 is 11.5 Å². The molecule has 3 N–H and O–H groups in total. The normalized spacial score (nSPS) is 18.9. The lowest BCUT2D eigenvalue weighted by atomic mass is 10.0. The molecule has 2 aliphatic rings. The van der Waals surface area contributed by atoms with Crippen LogP contribution in [0.2, 0.25) is 5.02 Å². The molecule has 3 heterocycles. The molecule has 9 heteroatoms. The minimum atomic E-state index is -0.410. The molecule has 1 amide bonds. The van der Waals surface area contributed by atoms with Gasteiger partial charge in [0, 0.05) is 42.7 Å². The van der Waals surface area contributed by atoms with Crippen molar-refractivity contribution in [1.82, 2.24) is 20.6 Å². The van der Waals surface area contributed by atoms with Crippen molar-refractivity contribution in [2.24, 2.45) is 0 Å². The fourth-order valence-electron chi connectivity index (χ4n) is 5.16. The van der Waals surface area contributed by atoms with Gasteiger partial charge < -0.3 is 25.3 Å². The van der Waals surface area contributed by atoms with E-state index in [0.29, 0.717) is 35.0 Å². The van der Waals surface area contributed by atoms with Gasteiger partial charge in [-0.3, -0.25) is 14.6 Å². The van der Waals surface area contributed by atoms with E-state index >= 15 is 0 Å². The summed E-state index contributed by atoms with van der Waals surface area (Å²) in [6.45, 7) is 8.24. The Balaban J connectivity index is 1.61. The van der Waals surface area contributed by atoms with Crippen molar-refractivity contribution in [3.8, 4) is 5.75 Å². The summed E-state index contributed by atoms with van der Waals surface area (Å²) in [5.74, 6) is 0.481. The Labute approximate surface area is 221 Å². The van der Waals surface area contributed by atoms with Crippen molar-refractivity contribution in [2.45, 2.75) is 58.0 Å². The number of carbonyl (C=O) groups excluding carboxylic acids is 1. The summed E-state index contributed by atoms with van der Waals surface area (Å²) >= 11 is 6.19. The third-order valence-corrected chi connectivity index (χ3v) is 7.68. The lowest BCUT2D eigenvalue weighted by Crippen LogP contribution is -2.37. The maximum Gasteiger partial charge on any atom is 0.263 e. The van der Waals surface area contributed by atoms with Crippen LogP contribution in [0.15, 0.2) is 29.1 Å². The SMILES string of the molecule is COc1cc([C@H](C)NC(=O)c2c(N3CCN[C@@H](C)CC3)c3cc(C)nc(C4CC4)c3[nH]c2=O)ccc1Cl. The number of anilines is 1. The number of nitrogens with one attached hydrogen (secondary N) is 3. The summed E-state index contributed by atoms with van der Waals surface area (Å²) in [7, 11) is 1.55. The number of hydrogen-bond acceptors (Lipinski definition) is 6. The summed E-state index contributed by atoms with van der Waals surface area (Å²) in [6.07, 6.45) is 3.05. The number of nitrogens with zero attached hydrogens (tertiary/aromatic N) is 2. The Kier molecular flexibility index (Phi) is 7.14. The number of benzene rings is 1. The Morgan fingerprint density at radius 2 is 2.03 bits per heavy atom. The molecule has 0 bridgehead atoms. The number of ether oxygens (including phenoxy) is 1. The van der Waals surface area contributed by atoms with Gasteiger partial charge in [-0.15, -0.1) is 0 Å². The molecule has 1 aromatic carbocycles. The molecule has 2 atom stereocenters. The number of hydrogen-bond donors (Lipinski definition) is 3. The van der Waals surface area contributed by atoms with Gasteiger partial charge in [-0.1, -0.05) is 17.7 Å². The predicted octanol–water partition coefficient (Wildman–Crippen LogP) is 4.45. The number of pyridine rings is 2. The molecule has 0 radical (unpaired) electrons. The molecule has 0 unspecified atom stereocenters. The predicted molar refractivity (Wildman–Crippen MR) is 147 cm³/mol. The van der Waals surface area contributed by atoms with Gasteiger partial charge in [0.15, 0.2) is 0 Å². The third-order valence-electron chi connectivity index (χ3n) is 7.37. The van der Waals surface area contributed by atoms with Crippen LogP contribution in [0.1, 0.15) is 72.4 Å². The van der Waals surface area contributed by atoms with E-state index in [-0.39, 0.29) is 11.6 Å². The van der Waals surface area contributed by atoms with Crippen LogP contribution in [0.25, 0.3) is 10.9 Å². The molecule has 8 nitrogen and oxygen atoms in total. The van der Waals surface area contributed by atoms with Crippen molar-refractivity contribution in [2.75, 3.05) is 31.6 Å². The van der Waals surface area contributed by atoms with Crippen LogP contribution >= 0.6 is 11.6 Å². The van der Waals surface area contributed by atoms with Gasteiger partial charge in [0.05, 0.1) is 35.1 Å². The van der Waals surface area contributed by atoms with Crippen molar-refractivity contribution >= 4 is 34.1 Å². The number of methoxy groups -OCH3 is 1. The average molecular weight is 524 g/mol. The van der Waals surface area contributed by atoms with Crippen LogP contribution in [0.4, 0.5) is 5.69 Å². The Hall–Kier alpha value is -3.10. The highest BCUT2D eigenvalue weighted by molar-refractivity contribution is 6.32. The van der Waals surface area contributed by atoms with Gasteiger partial charge in [0.1, 0.15) is 11.3 Å². The van der Waals surface area contributed by atoms with Crippen LogP contribution in [-0.4, -0.2) is 48.7 Å². The maximum atomic E-state index is 13.8. The summed E-state index contributed by atoms with van der Waals surface area (Å²) in [6, 6.07) is 7.39. The van der Waals surface area contributed by atoms with Crippen LogP contribution in [0.3, 0.4) is 0 Å². The lowest BCUT2D eigenvalue weighted by Gasteiger charge is -2.27. The third kappa shape index (κ3) is 5.18. The number of aromatic nitrogens is 2. The summed E-state index contributed by atoms with van der Waals surface area (Å²) < 4.78 is 5.34. The standard InChI is InChI=1S/C28H34ClN5O3/c1-15-9-11-34(12-10-30-15)26-20-13-16(2)31-24(18-5-6-18)25(20)33-28(36)23(26)27(35)32-17(3)19-7-8-21(29)22(14-19)37-4/h7-8,13-15,17-18,30H,5-6,9-12H2,1-4H3,(H,32,35)(H,33,36)/t15-,17-/m0/s1. The van der Waals surface area contributed by atoms with Gasteiger partial charge >= 0.3 is 0 Å². The van der Waals surface area contributed by atoms with E-state index in [4.69, 9.17) is 21.3 Å². The van der Waals surface area contributed by atoms with Crippen molar-refractivity contribution < 1.29 is 9.53 Å². The second kappa shape index (κ2) is 10.3. The van der Waals surface area contributed by atoms with Gasteiger partial charge in [-0.05, 0) is 63.8 Å². The van der Waals surface area contributed by atoms with Gasteiger partial charge in [0.25, 0.3) is 11.5 Å². The minimum absolute atomic E-state index is 0.141. The van der Waals surface area contributed by atoms with Crippen molar-refractivity contribution in [1.29, 1.82) is 0 Å². The zero-order chi connectivity index (χ0) is 26.3. The van der Waals surface area contributed by atoms with E-state index in [1.165, 1.54) is 0 Å². The molecule has 5 rings (SSSR count). The van der Waals surface area contributed by atoms with Crippen LogP contribution in [-0.2, 0) is 0 Å². The van der Waals surface area contributed by atoms with Gasteiger partial charge in [-0.2, -0.15) is 0 Å². The highest BCUT2D eigenvalue weighted by atomic mass is 35.5. The number of amides is 1. The second-order valence-corrected chi connectivity index (χ2v) is 10.7. The molecule has 1 saturated heterocycles. The highest BCUT2D eigenvalue weighted by Crippen LogP contribution is 2.43. The number of halogens is 1. The summed E-state index contributed by atoms with van der Waals surface area (Å²) in [5, 5.41) is 7.94. The zero-order valence-corrected chi connectivity index (χ0v) is 22.5. The first-order valence-corrected chi connectivity index (χ1v) is 13.3. The van der Waals surface area contributed by atoms with E-state index in [9.17, 15) is 9.59 Å². The van der Waals surface area contributed by atoms with Crippen LogP contribution in [0.5, 0.6) is 5.75 Å². The number of H-pyrrole nitrogens is 1. The number of aryl methyl sites for hydroxylation is 1. The monoisotopic (exact) mass is 523 g/mol. The molecule has 1 aliphatic heterocycles. The molecule has 0 spiro atoms. The number of rotatable bonds is 6. The fourth-order valence-corrected chi connectivity index (χ4v) is 5.35. The number of carbonyl (C=O) groups is 1. The second-order valence-electron chi connectivity index (χ2n) is 10.2. The zero-order valence-electron chi connectivity index (χ0n) is 21.8. The Bertz CT molecular complexity index is 1400. The average Bonchev–Trinajstić information content (AvgIpc) is 3.72. The Morgan fingerprint density at radius 3 is 2.76 bits per heavy atom. The molecule has 37 heavy (non-hydrogen) atoms. The minimum Gasteiger partial charge on any atom is -0.495 e. The van der Waals surface area contributed by atoms with E-state index in [1.807, 2.05) is 26.0 Å². The molecule has 1 aliphatic carbocycles. The van der Waals surface area contributed by atoms with E-state index in [0.717, 1.165) is 60.2 Å². The van der Waals surface area contributed by atoms with Crippen molar-refractivity contribution in [3.05, 3.63) is 62.2 Å². The van der Waals surface area contributed by atoms with Crippen LogP contribution in [0, 0.1) is 6.92 Å². The topological polar surface area (TPSA) is 99.3 Å². The molecule has 3 aromatic rings. The fraction of sp³-hybridized carbons (Fsp3) is 0.464.